The molecule has 0 atom stereocenters. The van der Waals surface area contributed by atoms with Gasteiger partial charge in [0.2, 0.25) is 5.17 Å². The van der Waals surface area contributed by atoms with Gasteiger partial charge >= 0.3 is 0 Å². The summed E-state index contributed by atoms with van der Waals surface area (Å²) < 4.78 is 18.2. The van der Waals surface area contributed by atoms with Gasteiger partial charge in [-0.25, -0.2) is 14.4 Å². The maximum atomic E-state index is 13.0. The molecule has 1 aliphatic heterocycles. The molecule has 0 radical (unpaired) electrons. The first-order valence-electron chi connectivity index (χ1n) is 6.89. The zero-order valence-electron chi connectivity index (χ0n) is 12.4. The van der Waals surface area contributed by atoms with Crippen molar-refractivity contribution in [2.75, 3.05) is 12.1 Å². The number of anilines is 1. The van der Waals surface area contributed by atoms with E-state index in [9.17, 15) is 4.39 Å². The highest BCUT2D eigenvalue weighted by molar-refractivity contribution is 8.16. The summed E-state index contributed by atoms with van der Waals surface area (Å²) in [6.45, 7) is 0. The van der Waals surface area contributed by atoms with Gasteiger partial charge in [0.15, 0.2) is 0 Å². The summed E-state index contributed by atoms with van der Waals surface area (Å²) in [4.78, 5) is 4.39. The van der Waals surface area contributed by atoms with Gasteiger partial charge in [-0.1, -0.05) is 23.9 Å². The maximum absolute atomic E-state index is 13.0. The van der Waals surface area contributed by atoms with Gasteiger partial charge in [0.1, 0.15) is 11.6 Å². The Morgan fingerprint density at radius 2 is 2.04 bits per heavy atom. The number of amidine groups is 1. The van der Waals surface area contributed by atoms with E-state index in [2.05, 4.69) is 10.1 Å². The van der Waals surface area contributed by atoms with Crippen molar-refractivity contribution in [3.63, 3.8) is 0 Å². The Kier molecular flexibility index (Phi) is 4.73. The molecule has 4 nitrogen and oxygen atoms in total. The molecule has 0 spiro atoms. The Morgan fingerprint density at radius 1 is 1.22 bits per heavy atom. The van der Waals surface area contributed by atoms with Crippen LogP contribution in [0.1, 0.15) is 5.56 Å². The topological polar surface area (TPSA) is 37.2 Å². The average Bonchev–Trinajstić information content (AvgIpc) is 2.61. The summed E-state index contributed by atoms with van der Waals surface area (Å²) >= 11 is 1.42. The van der Waals surface area contributed by atoms with Crippen LogP contribution in [0.2, 0.25) is 0 Å². The molecule has 2 aromatic carbocycles. The number of rotatable bonds is 3. The molecule has 3 rings (SSSR count). The Hall–Kier alpha value is -2.60. The maximum Gasteiger partial charge on any atom is 0.211 e. The van der Waals surface area contributed by atoms with E-state index in [1.165, 1.54) is 23.9 Å². The second-order valence-electron chi connectivity index (χ2n) is 4.64. The fourth-order valence-electron chi connectivity index (χ4n) is 1.94. The summed E-state index contributed by atoms with van der Waals surface area (Å²) in [7, 11) is 1.63. The Morgan fingerprint density at radius 3 is 2.83 bits per heavy atom. The lowest BCUT2D eigenvalue weighted by Gasteiger charge is -2.17. The average molecular weight is 327 g/mol. The van der Waals surface area contributed by atoms with Crippen LogP contribution in [0.25, 0.3) is 0 Å². The fourth-order valence-corrected chi connectivity index (χ4v) is 2.49. The largest absolute Gasteiger partial charge is 0.497 e. The first kappa shape index (κ1) is 15.3. The molecule has 0 saturated carbocycles. The normalized spacial score (nSPS) is 14.2. The fraction of sp³-hybridized carbons (Fsp3) is 0.0588. The zero-order valence-corrected chi connectivity index (χ0v) is 13.2. The van der Waals surface area contributed by atoms with Crippen molar-refractivity contribution in [3.05, 3.63) is 71.5 Å². The molecular formula is C17H14FN3OS. The van der Waals surface area contributed by atoms with Crippen LogP contribution in [-0.2, 0) is 0 Å². The minimum Gasteiger partial charge on any atom is -0.497 e. The molecule has 0 unspecified atom stereocenters. The Labute approximate surface area is 138 Å². The molecule has 0 bridgehead atoms. The van der Waals surface area contributed by atoms with Gasteiger partial charge in [-0.3, -0.25) is 0 Å². The van der Waals surface area contributed by atoms with Crippen LogP contribution in [0.4, 0.5) is 10.1 Å². The van der Waals surface area contributed by atoms with Crippen molar-refractivity contribution >= 4 is 28.8 Å². The van der Waals surface area contributed by atoms with Crippen LogP contribution in [0.5, 0.6) is 5.75 Å². The third-order valence-electron chi connectivity index (χ3n) is 3.08. The summed E-state index contributed by atoms with van der Waals surface area (Å²) in [5.74, 6) is 0.504. The predicted molar refractivity (Wildman–Crippen MR) is 93.6 cm³/mol. The number of halogens is 1. The Balaban J connectivity index is 1.77. The smallest absolute Gasteiger partial charge is 0.211 e. The van der Waals surface area contributed by atoms with Crippen LogP contribution < -0.4 is 9.75 Å². The molecule has 0 aliphatic carbocycles. The van der Waals surface area contributed by atoms with Crippen molar-refractivity contribution in [2.45, 2.75) is 0 Å². The van der Waals surface area contributed by atoms with Gasteiger partial charge in [-0.2, -0.15) is 0 Å². The van der Waals surface area contributed by atoms with Gasteiger partial charge in [0.25, 0.3) is 0 Å². The van der Waals surface area contributed by atoms with E-state index in [4.69, 9.17) is 4.74 Å². The van der Waals surface area contributed by atoms with E-state index in [0.717, 1.165) is 17.0 Å². The van der Waals surface area contributed by atoms with Crippen molar-refractivity contribution < 1.29 is 9.13 Å². The number of nitrogens with zero attached hydrogens (tertiary/aromatic N) is 3. The molecule has 0 amide bonds. The second-order valence-corrected chi connectivity index (χ2v) is 5.51. The second kappa shape index (κ2) is 7.11. The third-order valence-corrected chi connectivity index (χ3v) is 3.73. The van der Waals surface area contributed by atoms with E-state index >= 15 is 0 Å². The standard InChI is InChI=1S/C17H14FN3OS/c1-22-16-4-2-3-13(11-16)12-19-17-20-21(9-10-23-17)15-7-5-14(18)6-8-15/h2-12H,1H3/b19-12-. The van der Waals surface area contributed by atoms with Crippen LogP contribution in [0, 0.1) is 5.82 Å². The number of ether oxygens (including phenoxy) is 1. The highest BCUT2D eigenvalue weighted by atomic mass is 32.2. The van der Waals surface area contributed by atoms with Gasteiger partial charge < -0.3 is 4.74 Å². The number of hydrazone groups is 1. The molecule has 0 aromatic heterocycles. The molecule has 0 N–H and O–H groups in total. The van der Waals surface area contributed by atoms with E-state index < -0.39 is 0 Å². The number of methoxy groups -OCH3 is 1. The van der Waals surface area contributed by atoms with Crippen molar-refractivity contribution in [3.8, 4) is 5.75 Å². The monoisotopic (exact) mass is 327 g/mol. The van der Waals surface area contributed by atoms with Crippen molar-refractivity contribution in [1.82, 2.24) is 0 Å². The van der Waals surface area contributed by atoms with E-state index in [0.29, 0.717) is 5.17 Å². The van der Waals surface area contributed by atoms with Crippen LogP contribution >= 0.6 is 11.8 Å². The van der Waals surface area contributed by atoms with Gasteiger partial charge in [-0.15, -0.1) is 5.10 Å². The lowest BCUT2D eigenvalue weighted by molar-refractivity contribution is 0.415. The molecule has 116 valence electrons. The number of thioether (sulfide) groups is 1. The lowest BCUT2D eigenvalue weighted by Crippen LogP contribution is -2.12. The van der Waals surface area contributed by atoms with Crippen LogP contribution in [-0.4, -0.2) is 18.5 Å². The van der Waals surface area contributed by atoms with Crippen molar-refractivity contribution in [1.29, 1.82) is 0 Å². The summed E-state index contributed by atoms with van der Waals surface area (Å²) in [6, 6.07) is 13.8. The van der Waals surface area contributed by atoms with E-state index in [1.54, 1.807) is 30.5 Å². The first-order chi connectivity index (χ1) is 11.2. The number of benzene rings is 2. The molecule has 6 heteroatoms. The molecule has 0 saturated heterocycles. The number of aliphatic imine (C=N–C) groups is 1. The summed E-state index contributed by atoms with van der Waals surface area (Å²) in [5.41, 5.74) is 1.70. The zero-order chi connectivity index (χ0) is 16.1. The minimum atomic E-state index is -0.274. The van der Waals surface area contributed by atoms with Gasteiger partial charge in [-0.05, 0) is 47.4 Å². The molecular weight excluding hydrogens is 313 g/mol. The number of hydrogen-bond acceptors (Lipinski definition) is 5. The Bertz CT molecular complexity index is 772. The van der Waals surface area contributed by atoms with Gasteiger partial charge in [0, 0.05) is 12.4 Å². The lowest BCUT2D eigenvalue weighted by atomic mass is 10.2. The first-order valence-corrected chi connectivity index (χ1v) is 7.77. The summed E-state index contributed by atoms with van der Waals surface area (Å²) in [5, 5.41) is 8.56. The molecule has 2 aromatic rings. The van der Waals surface area contributed by atoms with E-state index in [-0.39, 0.29) is 5.82 Å². The molecule has 23 heavy (non-hydrogen) atoms. The highest BCUT2D eigenvalue weighted by Gasteiger charge is 2.08. The van der Waals surface area contributed by atoms with E-state index in [1.807, 2.05) is 35.9 Å². The van der Waals surface area contributed by atoms with Gasteiger partial charge in [0.05, 0.1) is 12.8 Å². The molecule has 0 fully saturated rings. The van der Waals surface area contributed by atoms with Crippen LogP contribution in [0.15, 0.2) is 70.2 Å². The quantitative estimate of drug-likeness (QED) is 0.791. The highest BCUT2D eigenvalue weighted by Crippen LogP contribution is 2.22. The third kappa shape index (κ3) is 3.98. The molecule has 1 heterocycles. The molecule has 1 aliphatic rings. The van der Waals surface area contributed by atoms with Crippen molar-refractivity contribution in [2.24, 2.45) is 10.1 Å². The number of hydrogen-bond donors (Lipinski definition) is 0. The predicted octanol–water partition coefficient (Wildman–Crippen LogP) is 4.25. The van der Waals surface area contributed by atoms with Crippen LogP contribution in [0.3, 0.4) is 0 Å². The SMILES string of the molecule is COc1cccc(/C=N\C2=NN(c3ccc(F)cc3)C=CS2)c1. The summed E-state index contributed by atoms with van der Waals surface area (Å²) in [6.07, 6.45) is 3.54. The minimum absolute atomic E-state index is 0.274.